The number of hydrogen-bond acceptors (Lipinski definition) is 4. The zero-order valence-corrected chi connectivity index (χ0v) is 11.2. The Hall–Kier alpha value is -1.27. The van der Waals surface area contributed by atoms with Crippen LogP contribution in [0.3, 0.4) is 0 Å². The summed E-state index contributed by atoms with van der Waals surface area (Å²) in [4.78, 5) is 0.241. The lowest BCUT2D eigenvalue weighted by atomic mass is 10.3. The van der Waals surface area contributed by atoms with Crippen molar-refractivity contribution in [1.29, 1.82) is 0 Å². The van der Waals surface area contributed by atoms with Gasteiger partial charge >= 0.3 is 0 Å². The van der Waals surface area contributed by atoms with Crippen LogP contribution in [0.5, 0.6) is 5.75 Å². The van der Waals surface area contributed by atoms with E-state index in [1.165, 1.54) is 10.4 Å². The van der Waals surface area contributed by atoms with Gasteiger partial charge in [-0.2, -0.15) is 4.31 Å². The average molecular weight is 270 g/mol. The van der Waals surface area contributed by atoms with Crippen molar-refractivity contribution in [3.05, 3.63) is 18.2 Å². The number of benzene rings is 1. The highest BCUT2D eigenvalue weighted by Crippen LogP contribution is 2.27. The van der Waals surface area contributed by atoms with Gasteiger partial charge in [-0.3, -0.25) is 0 Å². The van der Waals surface area contributed by atoms with Crippen LogP contribution in [0.25, 0.3) is 0 Å². The summed E-state index contributed by atoms with van der Waals surface area (Å²) in [5.74, 6) is 0.526. The molecule has 100 valence electrons. The fraction of sp³-hybridized carbons (Fsp3) is 0.500. The Morgan fingerprint density at radius 2 is 2.00 bits per heavy atom. The average Bonchev–Trinajstić information content (AvgIpc) is 2.86. The first-order chi connectivity index (χ1) is 8.55. The number of nitrogens with two attached hydrogens (primary N) is 1. The lowest BCUT2D eigenvalue weighted by molar-refractivity contribution is 0.342. The smallest absolute Gasteiger partial charge is 0.243 e. The quantitative estimate of drug-likeness (QED) is 0.841. The highest BCUT2D eigenvalue weighted by molar-refractivity contribution is 7.89. The van der Waals surface area contributed by atoms with Gasteiger partial charge in [0.2, 0.25) is 10.0 Å². The maximum atomic E-state index is 12.3. The third-order valence-electron chi connectivity index (χ3n) is 2.98. The van der Waals surface area contributed by atoms with Crippen LogP contribution in [0.1, 0.15) is 19.8 Å². The Morgan fingerprint density at radius 1 is 1.33 bits per heavy atom. The zero-order chi connectivity index (χ0) is 13.2. The topological polar surface area (TPSA) is 72.6 Å². The predicted octanol–water partition coefficient (Wildman–Crippen LogP) is 1.45. The van der Waals surface area contributed by atoms with Crippen molar-refractivity contribution in [2.24, 2.45) is 0 Å². The Morgan fingerprint density at radius 3 is 2.56 bits per heavy atom. The number of nitrogen functional groups attached to an aromatic ring is 1. The molecule has 2 rings (SSSR count). The summed E-state index contributed by atoms with van der Waals surface area (Å²) in [7, 11) is -3.40. The summed E-state index contributed by atoms with van der Waals surface area (Å²) in [6, 6.07) is 4.63. The molecular weight excluding hydrogens is 252 g/mol. The summed E-state index contributed by atoms with van der Waals surface area (Å²) in [5.41, 5.74) is 6.15. The van der Waals surface area contributed by atoms with Crippen LogP contribution in [-0.4, -0.2) is 32.4 Å². The van der Waals surface area contributed by atoms with Crippen molar-refractivity contribution in [3.63, 3.8) is 0 Å². The second kappa shape index (κ2) is 5.16. The number of rotatable bonds is 4. The van der Waals surface area contributed by atoms with Crippen LogP contribution in [0.15, 0.2) is 23.1 Å². The molecular formula is C12H18N2O3S. The summed E-state index contributed by atoms with van der Waals surface area (Å²) in [6.45, 7) is 3.54. The van der Waals surface area contributed by atoms with Crippen molar-refractivity contribution >= 4 is 15.7 Å². The standard InChI is InChI=1S/C12H18N2O3S/c1-2-17-12-6-5-10(9-11(12)13)18(15,16)14-7-3-4-8-14/h5-6,9H,2-4,7-8,13H2,1H3. The molecule has 1 aliphatic heterocycles. The van der Waals surface area contributed by atoms with E-state index in [2.05, 4.69) is 0 Å². The van der Waals surface area contributed by atoms with Gasteiger partial charge in [0.1, 0.15) is 5.75 Å². The summed E-state index contributed by atoms with van der Waals surface area (Å²) in [6.07, 6.45) is 1.84. The van der Waals surface area contributed by atoms with Crippen molar-refractivity contribution in [2.45, 2.75) is 24.7 Å². The van der Waals surface area contributed by atoms with E-state index in [0.29, 0.717) is 31.1 Å². The van der Waals surface area contributed by atoms with Crippen molar-refractivity contribution in [2.75, 3.05) is 25.4 Å². The first kappa shape index (κ1) is 13.2. The Balaban J connectivity index is 2.30. The highest BCUT2D eigenvalue weighted by atomic mass is 32.2. The van der Waals surface area contributed by atoms with Crippen molar-refractivity contribution in [1.82, 2.24) is 4.31 Å². The molecule has 0 radical (unpaired) electrons. The van der Waals surface area contributed by atoms with Crippen LogP contribution in [0, 0.1) is 0 Å². The van der Waals surface area contributed by atoms with Gasteiger partial charge in [0.05, 0.1) is 17.2 Å². The van der Waals surface area contributed by atoms with Gasteiger partial charge in [0.25, 0.3) is 0 Å². The summed E-state index contributed by atoms with van der Waals surface area (Å²) < 4.78 is 31.4. The van der Waals surface area contributed by atoms with E-state index >= 15 is 0 Å². The summed E-state index contributed by atoms with van der Waals surface area (Å²) >= 11 is 0. The maximum absolute atomic E-state index is 12.3. The van der Waals surface area contributed by atoms with Gasteiger partial charge in [-0.25, -0.2) is 8.42 Å². The third kappa shape index (κ3) is 2.44. The second-order valence-corrected chi connectivity index (χ2v) is 6.18. The van der Waals surface area contributed by atoms with Crippen molar-refractivity contribution < 1.29 is 13.2 Å². The van der Waals surface area contributed by atoms with Crippen LogP contribution in [0.2, 0.25) is 0 Å². The first-order valence-corrected chi connectivity index (χ1v) is 7.52. The number of nitrogens with zero attached hydrogens (tertiary/aromatic N) is 1. The summed E-state index contributed by atoms with van der Waals surface area (Å²) in [5, 5.41) is 0. The molecule has 18 heavy (non-hydrogen) atoms. The minimum atomic E-state index is -3.40. The SMILES string of the molecule is CCOc1ccc(S(=O)(=O)N2CCCC2)cc1N. The lowest BCUT2D eigenvalue weighted by Crippen LogP contribution is -2.27. The fourth-order valence-corrected chi connectivity index (χ4v) is 3.60. The molecule has 1 saturated heterocycles. The molecule has 0 aliphatic carbocycles. The van der Waals surface area contributed by atoms with E-state index in [-0.39, 0.29) is 4.90 Å². The Labute approximate surface area is 108 Å². The van der Waals surface area contributed by atoms with Crippen LogP contribution in [-0.2, 0) is 10.0 Å². The van der Waals surface area contributed by atoms with Gasteiger partial charge in [-0.15, -0.1) is 0 Å². The minimum absolute atomic E-state index is 0.241. The maximum Gasteiger partial charge on any atom is 0.243 e. The number of hydrogen-bond donors (Lipinski definition) is 1. The Kier molecular flexibility index (Phi) is 3.77. The fourth-order valence-electron chi connectivity index (χ4n) is 2.05. The molecule has 0 aromatic heterocycles. The molecule has 0 saturated carbocycles. The molecule has 0 atom stereocenters. The molecule has 0 spiro atoms. The molecule has 1 aromatic rings. The van der Waals surface area contributed by atoms with Gasteiger partial charge in [0, 0.05) is 13.1 Å². The molecule has 1 aliphatic rings. The van der Waals surface area contributed by atoms with E-state index in [9.17, 15) is 8.42 Å². The molecule has 6 heteroatoms. The van der Waals surface area contributed by atoms with Crippen LogP contribution >= 0.6 is 0 Å². The van der Waals surface area contributed by atoms with E-state index < -0.39 is 10.0 Å². The normalized spacial score (nSPS) is 16.9. The predicted molar refractivity (Wildman–Crippen MR) is 70.0 cm³/mol. The van der Waals surface area contributed by atoms with E-state index in [1.807, 2.05) is 6.92 Å². The monoisotopic (exact) mass is 270 g/mol. The first-order valence-electron chi connectivity index (χ1n) is 6.08. The molecule has 0 bridgehead atoms. The van der Waals surface area contributed by atoms with E-state index in [0.717, 1.165) is 12.8 Å². The molecule has 0 amide bonds. The van der Waals surface area contributed by atoms with Gasteiger partial charge < -0.3 is 10.5 Å². The molecule has 1 heterocycles. The van der Waals surface area contributed by atoms with Gasteiger partial charge in [-0.05, 0) is 38.0 Å². The molecule has 1 fully saturated rings. The van der Waals surface area contributed by atoms with Crippen LogP contribution in [0.4, 0.5) is 5.69 Å². The number of anilines is 1. The third-order valence-corrected chi connectivity index (χ3v) is 4.88. The van der Waals surface area contributed by atoms with E-state index in [1.54, 1.807) is 12.1 Å². The largest absolute Gasteiger partial charge is 0.492 e. The van der Waals surface area contributed by atoms with Gasteiger partial charge in [0.15, 0.2) is 0 Å². The molecule has 1 aromatic carbocycles. The van der Waals surface area contributed by atoms with Gasteiger partial charge in [-0.1, -0.05) is 0 Å². The lowest BCUT2D eigenvalue weighted by Gasteiger charge is -2.16. The second-order valence-electron chi connectivity index (χ2n) is 4.24. The van der Waals surface area contributed by atoms with Crippen molar-refractivity contribution in [3.8, 4) is 5.75 Å². The van der Waals surface area contributed by atoms with E-state index in [4.69, 9.17) is 10.5 Å². The molecule has 5 nitrogen and oxygen atoms in total. The molecule has 2 N–H and O–H groups in total. The number of sulfonamides is 1. The highest BCUT2D eigenvalue weighted by Gasteiger charge is 2.27. The number of ether oxygens (including phenoxy) is 1. The molecule has 0 unspecified atom stereocenters. The Bertz CT molecular complexity index is 522. The zero-order valence-electron chi connectivity index (χ0n) is 10.4. The minimum Gasteiger partial charge on any atom is -0.492 e. The van der Waals surface area contributed by atoms with Crippen LogP contribution < -0.4 is 10.5 Å².